The standard InChI is InChI=1S/C12H21N7O2/c1-2-21-12(20)19-5-3-8(4-6-19)15-9-7-10(18-14)17-11(13)16-9/h7-8H,2-6,14H2,1H3,(H4,13,15,16,17,18). The predicted molar refractivity (Wildman–Crippen MR) is 79.5 cm³/mol. The third-order valence-corrected chi connectivity index (χ3v) is 3.26. The van der Waals surface area contributed by atoms with E-state index in [2.05, 4.69) is 20.7 Å². The van der Waals surface area contributed by atoms with Crippen LogP contribution in [0.1, 0.15) is 19.8 Å². The van der Waals surface area contributed by atoms with Gasteiger partial charge in [0, 0.05) is 25.2 Å². The Morgan fingerprint density at radius 1 is 1.43 bits per heavy atom. The number of hydrazine groups is 1. The second-order valence-corrected chi connectivity index (χ2v) is 4.75. The van der Waals surface area contributed by atoms with Gasteiger partial charge in [0.2, 0.25) is 5.95 Å². The highest BCUT2D eigenvalue weighted by atomic mass is 16.6. The Bertz CT molecular complexity index is 488. The Balaban J connectivity index is 1.89. The first-order valence-corrected chi connectivity index (χ1v) is 6.91. The van der Waals surface area contributed by atoms with Gasteiger partial charge in [-0.15, -0.1) is 0 Å². The van der Waals surface area contributed by atoms with E-state index in [1.807, 2.05) is 0 Å². The van der Waals surface area contributed by atoms with Crippen LogP contribution in [0.2, 0.25) is 0 Å². The molecule has 0 aliphatic carbocycles. The van der Waals surface area contributed by atoms with Crippen molar-refractivity contribution in [3.63, 3.8) is 0 Å². The van der Waals surface area contributed by atoms with Gasteiger partial charge in [0.25, 0.3) is 0 Å². The van der Waals surface area contributed by atoms with Crippen LogP contribution < -0.4 is 22.3 Å². The van der Waals surface area contributed by atoms with Crippen molar-refractivity contribution in [3.8, 4) is 0 Å². The van der Waals surface area contributed by atoms with Gasteiger partial charge in [0.15, 0.2) is 0 Å². The molecule has 1 fully saturated rings. The number of hydrogen-bond acceptors (Lipinski definition) is 8. The average molecular weight is 295 g/mol. The van der Waals surface area contributed by atoms with Crippen molar-refractivity contribution in [1.29, 1.82) is 0 Å². The van der Waals surface area contributed by atoms with Gasteiger partial charge >= 0.3 is 6.09 Å². The summed E-state index contributed by atoms with van der Waals surface area (Å²) in [6.45, 7) is 3.50. The zero-order valence-electron chi connectivity index (χ0n) is 12.0. The molecule has 9 heteroatoms. The van der Waals surface area contributed by atoms with Crippen LogP contribution >= 0.6 is 0 Å². The number of nitrogen functional groups attached to an aromatic ring is 2. The molecule has 0 atom stereocenters. The van der Waals surface area contributed by atoms with Gasteiger partial charge in [-0.25, -0.2) is 10.6 Å². The third kappa shape index (κ3) is 4.09. The van der Waals surface area contributed by atoms with Crippen LogP contribution in [0.5, 0.6) is 0 Å². The minimum Gasteiger partial charge on any atom is -0.450 e. The summed E-state index contributed by atoms with van der Waals surface area (Å²) < 4.78 is 4.99. The maximum atomic E-state index is 11.6. The van der Waals surface area contributed by atoms with Gasteiger partial charge in [-0.3, -0.25) is 0 Å². The van der Waals surface area contributed by atoms with E-state index in [4.69, 9.17) is 16.3 Å². The smallest absolute Gasteiger partial charge is 0.409 e. The number of likely N-dealkylation sites (tertiary alicyclic amines) is 1. The number of nitrogens with zero attached hydrogens (tertiary/aromatic N) is 3. The van der Waals surface area contributed by atoms with Crippen molar-refractivity contribution in [2.45, 2.75) is 25.8 Å². The fourth-order valence-corrected chi connectivity index (χ4v) is 2.24. The van der Waals surface area contributed by atoms with E-state index in [1.54, 1.807) is 17.9 Å². The van der Waals surface area contributed by atoms with Crippen molar-refractivity contribution in [2.24, 2.45) is 5.84 Å². The number of amides is 1. The number of hydrogen-bond donors (Lipinski definition) is 4. The van der Waals surface area contributed by atoms with Crippen LogP contribution in [0.25, 0.3) is 0 Å². The van der Waals surface area contributed by atoms with Crippen LogP contribution in [0.3, 0.4) is 0 Å². The van der Waals surface area contributed by atoms with Gasteiger partial charge in [-0.2, -0.15) is 9.97 Å². The van der Waals surface area contributed by atoms with E-state index in [0.717, 1.165) is 12.8 Å². The zero-order valence-corrected chi connectivity index (χ0v) is 12.0. The number of rotatable bonds is 4. The molecule has 21 heavy (non-hydrogen) atoms. The molecule has 0 radical (unpaired) electrons. The number of piperidine rings is 1. The van der Waals surface area contributed by atoms with Crippen molar-refractivity contribution < 1.29 is 9.53 Å². The van der Waals surface area contributed by atoms with Gasteiger partial charge in [-0.1, -0.05) is 0 Å². The Kier molecular flexibility index (Phi) is 4.99. The number of anilines is 3. The molecule has 9 nitrogen and oxygen atoms in total. The van der Waals surface area contributed by atoms with Gasteiger partial charge in [-0.05, 0) is 19.8 Å². The monoisotopic (exact) mass is 295 g/mol. The molecule has 1 amide bonds. The summed E-state index contributed by atoms with van der Waals surface area (Å²) in [6, 6.07) is 1.91. The molecule has 2 heterocycles. The molecule has 1 saturated heterocycles. The van der Waals surface area contributed by atoms with E-state index < -0.39 is 0 Å². The number of carbonyl (C=O) groups is 1. The molecule has 2 rings (SSSR count). The molecular formula is C12H21N7O2. The molecular weight excluding hydrogens is 274 g/mol. The SMILES string of the molecule is CCOC(=O)N1CCC(Nc2cc(NN)nc(N)n2)CC1. The molecule has 0 unspecified atom stereocenters. The normalized spacial score (nSPS) is 15.6. The Morgan fingerprint density at radius 2 is 2.10 bits per heavy atom. The van der Waals surface area contributed by atoms with Crippen LogP contribution in [0.4, 0.5) is 22.4 Å². The van der Waals surface area contributed by atoms with Gasteiger partial charge in [0.05, 0.1) is 6.61 Å². The highest BCUT2D eigenvalue weighted by Crippen LogP contribution is 2.18. The molecule has 116 valence electrons. The largest absolute Gasteiger partial charge is 0.450 e. The minimum atomic E-state index is -0.253. The summed E-state index contributed by atoms with van der Waals surface area (Å²) in [7, 11) is 0. The van der Waals surface area contributed by atoms with Crippen molar-refractivity contribution in [3.05, 3.63) is 6.07 Å². The van der Waals surface area contributed by atoms with E-state index in [0.29, 0.717) is 31.3 Å². The lowest BCUT2D eigenvalue weighted by Crippen LogP contribution is -2.42. The van der Waals surface area contributed by atoms with Crippen molar-refractivity contribution in [1.82, 2.24) is 14.9 Å². The first-order chi connectivity index (χ1) is 10.1. The van der Waals surface area contributed by atoms with Crippen LogP contribution in [-0.4, -0.2) is 46.7 Å². The first-order valence-electron chi connectivity index (χ1n) is 6.91. The van der Waals surface area contributed by atoms with Crippen molar-refractivity contribution >= 4 is 23.7 Å². The average Bonchev–Trinajstić information content (AvgIpc) is 2.47. The topological polar surface area (TPSA) is 131 Å². The molecule has 0 spiro atoms. The van der Waals surface area contributed by atoms with E-state index in [9.17, 15) is 4.79 Å². The molecule has 6 N–H and O–H groups in total. The maximum Gasteiger partial charge on any atom is 0.409 e. The molecule has 1 aliphatic rings. The lowest BCUT2D eigenvalue weighted by Gasteiger charge is -2.31. The molecule has 1 aliphatic heterocycles. The number of aromatic nitrogens is 2. The summed E-state index contributed by atoms with van der Waals surface area (Å²) in [5.74, 6) is 6.54. The Hall–Kier alpha value is -2.29. The molecule has 0 aromatic carbocycles. The summed E-state index contributed by atoms with van der Waals surface area (Å²) in [6.07, 6.45) is 1.37. The first kappa shape index (κ1) is 15.1. The fraction of sp³-hybridized carbons (Fsp3) is 0.583. The quantitative estimate of drug-likeness (QED) is 0.463. The molecule has 1 aromatic heterocycles. The van der Waals surface area contributed by atoms with Gasteiger partial charge < -0.3 is 26.1 Å². The number of carbonyl (C=O) groups excluding carboxylic acids is 1. The molecule has 1 aromatic rings. The van der Waals surface area contributed by atoms with Crippen LogP contribution in [0, 0.1) is 0 Å². The van der Waals surface area contributed by atoms with Crippen LogP contribution in [0.15, 0.2) is 6.07 Å². The highest BCUT2D eigenvalue weighted by Gasteiger charge is 2.23. The second kappa shape index (κ2) is 6.93. The highest BCUT2D eigenvalue weighted by molar-refractivity contribution is 5.67. The summed E-state index contributed by atoms with van der Waals surface area (Å²) in [5, 5.41) is 3.28. The number of ether oxygens (including phenoxy) is 1. The summed E-state index contributed by atoms with van der Waals surface area (Å²) >= 11 is 0. The predicted octanol–water partition coefficient (Wildman–Crippen LogP) is 0.377. The lowest BCUT2D eigenvalue weighted by molar-refractivity contribution is 0.0983. The summed E-state index contributed by atoms with van der Waals surface area (Å²) in [5.41, 5.74) is 8.05. The zero-order chi connectivity index (χ0) is 15.2. The van der Waals surface area contributed by atoms with Gasteiger partial charge in [0.1, 0.15) is 11.6 Å². The lowest BCUT2D eigenvalue weighted by atomic mass is 10.1. The van der Waals surface area contributed by atoms with E-state index in [1.165, 1.54) is 0 Å². The fourth-order valence-electron chi connectivity index (χ4n) is 2.24. The Morgan fingerprint density at radius 3 is 2.71 bits per heavy atom. The Labute approximate surface area is 123 Å². The minimum absolute atomic E-state index is 0.150. The van der Waals surface area contributed by atoms with Crippen molar-refractivity contribution in [2.75, 3.05) is 36.2 Å². The molecule has 0 saturated carbocycles. The van der Waals surface area contributed by atoms with Crippen LogP contribution in [-0.2, 0) is 4.74 Å². The third-order valence-electron chi connectivity index (χ3n) is 3.26. The van der Waals surface area contributed by atoms with E-state index in [-0.39, 0.29) is 18.1 Å². The van der Waals surface area contributed by atoms with E-state index >= 15 is 0 Å². The number of nitrogens with two attached hydrogens (primary N) is 2. The summed E-state index contributed by atoms with van der Waals surface area (Å²) in [4.78, 5) is 21.4. The number of nitrogens with one attached hydrogen (secondary N) is 2. The molecule has 0 bridgehead atoms. The maximum absolute atomic E-state index is 11.6. The second-order valence-electron chi connectivity index (χ2n) is 4.75.